The van der Waals surface area contributed by atoms with E-state index in [4.69, 9.17) is 5.11 Å². The Kier molecular flexibility index (Phi) is 5.73. The van der Waals surface area contributed by atoms with Crippen LogP contribution >= 0.6 is 0 Å². The monoisotopic (exact) mass is 335 g/mol. The van der Waals surface area contributed by atoms with E-state index in [1.165, 1.54) is 0 Å². The molecule has 126 valence electrons. The van der Waals surface area contributed by atoms with Gasteiger partial charge >= 0.3 is 5.97 Å². The molecule has 0 unspecified atom stereocenters. The van der Waals surface area contributed by atoms with Gasteiger partial charge in [-0.15, -0.1) is 0 Å². The maximum Gasteiger partial charge on any atom is 0.309 e. The average molecular weight is 335 g/mol. The van der Waals surface area contributed by atoms with E-state index in [9.17, 15) is 18.0 Å². The minimum absolute atomic E-state index is 0.130. The molecule has 0 aromatic heterocycles. The lowest BCUT2D eigenvalue weighted by Crippen LogP contribution is -2.13. The predicted octanol–water partition coefficient (Wildman–Crippen LogP) is 4.32. The molecular weight excluding hydrogens is 319 g/mol. The van der Waals surface area contributed by atoms with E-state index in [2.05, 4.69) is 4.99 Å². The molecule has 0 spiro atoms. The van der Waals surface area contributed by atoms with Crippen molar-refractivity contribution in [3.63, 3.8) is 0 Å². The van der Waals surface area contributed by atoms with Crippen molar-refractivity contribution in [2.75, 3.05) is 0 Å². The quantitative estimate of drug-likeness (QED) is 0.631. The normalized spacial score (nSPS) is 12.9. The number of benzene rings is 2. The first-order valence-corrected chi connectivity index (χ1v) is 7.32. The van der Waals surface area contributed by atoms with Crippen LogP contribution in [0.1, 0.15) is 30.5 Å². The number of carboxylic acid groups (broad SMARTS) is 1. The second kappa shape index (κ2) is 7.77. The van der Waals surface area contributed by atoms with Gasteiger partial charge in [0.1, 0.15) is 5.82 Å². The number of rotatable bonds is 6. The number of carboxylic acids is 1. The first-order chi connectivity index (χ1) is 11.4. The lowest BCUT2D eigenvalue weighted by molar-refractivity contribution is -0.135. The van der Waals surface area contributed by atoms with Gasteiger partial charge in [0.25, 0.3) is 0 Å². The van der Waals surface area contributed by atoms with E-state index in [-0.39, 0.29) is 23.7 Å². The summed E-state index contributed by atoms with van der Waals surface area (Å²) in [5.41, 5.74) is 0.920. The molecule has 0 saturated carbocycles. The van der Waals surface area contributed by atoms with Crippen molar-refractivity contribution in [1.82, 2.24) is 0 Å². The Morgan fingerprint density at radius 1 is 1.08 bits per heavy atom. The van der Waals surface area contributed by atoms with Gasteiger partial charge in [-0.25, -0.2) is 13.2 Å². The van der Waals surface area contributed by atoms with Crippen LogP contribution in [0.3, 0.4) is 0 Å². The Balaban J connectivity index is 2.30. The third-order valence-corrected chi connectivity index (χ3v) is 3.50. The average Bonchev–Trinajstić information content (AvgIpc) is 2.52. The van der Waals surface area contributed by atoms with Crippen LogP contribution in [0.5, 0.6) is 0 Å². The molecule has 2 aromatic carbocycles. The summed E-state index contributed by atoms with van der Waals surface area (Å²) < 4.78 is 40.1. The Labute approximate surface area is 137 Å². The Hall–Kier alpha value is -2.63. The molecule has 0 fully saturated rings. The topological polar surface area (TPSA) is 49.7 Å². The Morgan fingerprint density at radius 2 is 1.71 bits per heavy atom. The summed E-state index contributed by atoms with van der Waals surface area (Å²) in [6.07, 6.45) is -0.609. The lowest BCUT2D eigenvalue weighted by Gasteiger charge is -2.11. The predicted molar refractivity (Wildman–Crippen MR) is 84.6 cm³/mol. The summed E-state index contributed by atoms with van der Waals surface area (Å²) in [5.74, 6) is -4.53. The van der Waals surface area contributed by atoms with Crippen molar-refractivity contribution in [3.05, 3.63) is 71.0 Å². The molecule has 24 heavy (non-hydrogen) atoms. The number of nitrogens with zero attached hydrogens (tertiary/aromatic N) is 1. The minimum atomic E-state index is -1.29. The number of halogens is 3. The second-order valence-corrected chi connectivity index (χ2v) is 5.39. The maximum absolute atomic E-state index is 13.8. The Bertz CT molecular complexity index is 760. The van der Waals surface area contributed by atoms with Gasteiger partial charge in [-0.3, -0.25) is 9.79 Å². The molecule has 0 radical (unpaired) electrons. The summed E-state index contributed by atoms with van der Waals surface area (Å²) >= 11 is 0. The highest BCUT2D eigenvalue weighted by Crippen LogP contribution is 2.20. The van der Waals surface area contributed by atoms with Gasteiger partial charge in [0.15, 0.2) is 11.6 Å². The van der Waals surface area contributed by atoms with Crippen LogP contribution < -0.4 is 0 Å². The first kappa shape index (κ1) is 17.7. The SMILES string of the molecule is C[C@@H](N=C(CC(=O)O)Cc1cc(F)c(F)cc1F)c1ccccc1. The standard InChI is InChI=1S/C18H16F3NO2/c1-11(12-5-3-2-4-6-12)22-14(9-18(23)24)7-13-8-16(20)17(21)10-15(13)19/h2-6,8,10-11H,7,9H2,1H3,(H,23,24)/t11-/m1/s1. The number of carbonyl (C=O) groups is 1. The van der Waals surface area contributed by atoms with Gasteiger partial charge in [-0.2, -0.15) is 0 Å². The van der Waals surface area contributed by atoms with Crippen LogP contribution in [0, 0.1) is 17.5 Å². The zero-order chi connectivity index (χ0) is 17.7. The highest BCUT2D eigenvalue weighted by atomic mass is 19.2. The Morgan fingerprint density at radius 3 is 2.33 bits per heavy atom. The van der Waals surface area contributed by atoms with E-state index in [0.717, 1.165) is 11.6 Å². The van der Waals surface area contributed by atoms with Crippen LogP contribution in [0.2, 0.25) is 0 Å². The molecule has 0 aliphatic heterocycles. The molecular formula is C18H16F3NO2. The highest BCUT2D eigenvalue weighted by Gasteiger charge is 2.15. The molecule has 0 aliphatic carbocycles. The van der Waals surface area contributed by atoms with Crippen LogP contribution in [-0.2, 0) is 11.2 Å². The van der Waals surface area contributed by atoms with Gasteiger partial charge < -0.3 is 5.11 Å². The van der Waals surface area contributed by atoms with Gasteiger partial charge in [-0.1, -0.05) is 30.3 Å². The van der Waals surface area contributed by atoms with Gasteiger partial charge in [0.2, 0.25) is 0 Å². The summed E-state index contributed by atoms with van der Waals surface area (Å²) in [6, 6.07) is 10.0. The van der Waals surface area contributed by atoms with E-state index in [1.54, 1.807) is 6.92 Å². The molecule has 0 saturated heterocycles. The minimum Gasteiger partial charge on any atom is -0.481 e. The summed E-state index contributed by atoms with van der Waals surface area (Å²) in [6.45, 7) is 1.78. The third kappa shape index (κ3) is 4.68. The van der Waals surface area contributed by atoms with Crippen molar-refractivity contribution < 1.29 is 23.1 Å². The zero-order valence-corrected chi connectivity index (χ0v) is 13.0. The highest BCUT2D eigenvalue weighted by molar-refractivity contribution is 5.99. The molecule has 0 bridgehead atoms. The molecule has 3 nitrogen and oxygen atoms in total. The van der Waals surface area contributed by atoms with Gasteiger partial charge in [0, 0.05) is 18.2 Å². The van der Waals surface area contributed by atoms with Crippen LogP contribution in [0.4, 0.5) is 13.2 Å². The molecule has 6 heteroatoms. The van der Waals surface area contributed by atoms with E-state index >= 15 is 0 Å². The van der Waals surface area contributed by atoms with E-state index in [0.29, 0.717) is 6.07 Å². The molecule has 0 aliphatic rings. The smallest absolute Gasteiger partial charge is 0.309 e. The number of hydrogen-bond donors (Lipinski definition) is 1. The zero-order valence-electron chi connectivity index (χ0n) is 13.0. The summed E-state index contributed by atoms with van der Waals surface area (Å²) in [7, 11) is 0. The molecule has 2 rings (SSSR count). The fourth-order valence-electron chi connectivity index (χ4n) is 2.33. The molecule has 0 heterocycles. The molecule has 0 amide bonds. The number of hydrogen-bond acceptors (Lipinski definition) is 2. The van der Waals surface area contributed by atoms with Crippen molar-refractivity contribution in [2.45, 2.75) is 25.8 Å². The van der Waals surface area contributed by atoms with Crippen molar-refractivity contribution in [2.24, 2.45) is 4.99 Å². The number of aliphatic carboxylic acids is 1. The fraction of sp³-hybridized carbons (Fsp3) is 0.222. The van der Waals surface area contributed by atoms with Crippen molar-refractivity contribution in [3.8, 4) is 0 Å². The summed E-state index contributed by atoms with van der Waals surface area (Å²) in [5, 5.41) is 9.00. The third-order valence-electron chi connectivity index (χ3n) is 3.50. The van der Waals surface area contributed by atoms with Crippen molar-refractivity contribution >= 4 is 11.7 Å². The molecule has 1 N–H and O–H groups in total. The molecule has 2 aromatic rings. The summed E-state index contributed by atoms with van der Waals surface area (Å²) in [4.78, 5) is 15.3. The lowest BCUT2D eigenvalue weighted by atomic mass is 10.0. The van der Waals surface area contributed by atoms with E-state index in [1.807, 2.05) is 30.3 Å². The van der Waals surface area contributed by atoms with Crippen molar-refractivity contribution in [1.29, 1.82) is 0 Å². The van der Waals surface area contributed by atoms with Crippen LogP contribution in [0.15, 0.2) is 47.5 Å². The second-order valence-electron chi connectivity index (χ2n) is 5.39. The van der Waals surface area contributed by atoms with Crippen LogP contribution in [-0.4, -0.2) is 16.8 Å². The fourth-order valence-corrected chi connectivity index (χ4v) is 2.33. The first-order valence-electron chi connectivity index (χ1n) is 7.32. The van der Waals surface area contributed by atoms with E-state index < -0.39 is 29.8 Å². The number of aliphatic imine (C=N–C) groups is 1. The maximum atomic E-state index is 13.8. The largest absolute Gasteiger partial charge is 0.481 e. The van der Waals surface area contributed by atoms with Gasteiger partial charge in [-0.05, 0) is 24.1 Å². The molecule has 1 atom stereocenters. The van der Waals surface area contributed by atoms with Crippen LogP contribution in [0.25, 0.3) is 0 Å². The van der Waals surface area contributed by atoms with Gasteiger partial charge in [0.05, 0.1) is 12.5 Å².